The Kier molecular flexibility index (Phi) is 7.18. The summed E-state index contributed by atoms with van der Waals surface area (Å²) in [5, 5.41) is 10.7. The van der Waals surface area contributed by atoms with Gasteiger partial charge >= 0.3 is 17.0 Å². The molecule has 3 aromatic rings. The van der Waals surface area contributed by atoms with E-state index in [1.54, 1.807) is 18.2 Å². The van der Waals surface area contributed by atoms with Gasteiger partial charge < -0.3 is 20.1 Å². The van der Waals surface area contributed by atoms with E-state index >= 15 is 0 Å². The number of benzene rings is 2. The van der Waals surface area contributed by atoms with E-state index in [0.717, 1.165) is 35.2 Å². The average molecular weight is 594 g/mol. The lowest BCUT2D eigenvalue weighted by atomic mass is 9.82. The number of anilines is 1. The Hall–Kier alpha value is -4.11. The minimum atomic E-state index is -4.69. The zero-order chi connectivity index (χ0) is 28.8. The largest absolute Gasteiger partial charge is 0.483 e. The van der Waals surface area contributed by atoms with Crippen molar-refractivity contribution in [3.8, 4) is 5.75 Å². The van der Waals surface area contributed by atoms with E-state index in [1.807, 2.05) is 0 Å². The molecule has 0 bridgehead atoms. The summed E-state index contributed by atoms with van der Waals surface area (Å²) in [6, 6.07) is 10.7. The molecule has 3 amide bonds. The van der Waals surface area contributed by atoms with Crippen LogP contribution in [0, 0.1) is 5.92 Å². The lowest BCUT2D eigenvalue weighted by Crippen LogP contribution is -2.36. The van der Waals surface area contributed by atoms with Crippen LogP contribution in [0.2, 0.25) is 0 Å². The van der Waals surface area contributed by atoms with Gasteiger partial charge in [-0.15, -0.1) is 0 Å². The fourth-order valence-corrected chi connectivity index (χ4v) is 7.27. The van der Waals surface area contributed by atoms with Crippen LogP contribution < -0.4 is 14.9 Å². The van der Waals surface area contributed by atoms with Crippen molar-refractivity contribution in [3.05, 3.63) is 74.2 Å². The molecule has 15 heteroatoms. The quantitative estimate of drug-likeness (QED) is 0.354. The zero-order valence-corrected chi connectivity index (χ0v) is 21.7. The molecule has 5 rings (SSSR count). The highest BCUT2D eigenvalue weighted by atomic mass is 32.2. The van der Waals surface area contributed by atoms with Crippen molar-refractivity contribution < 1.29 is 42.2 Å². The van der Waals surface area contributed by atoms with Crippen LogP contribution in [0.4, 0.5) is 18.9 Å². The van der Waals surface area contributed by atoms with Crippen molar-refractivity contribution in [2.45, 2.75) is 22.4 Å². The minimum Gasteiger partial charge on any atom is -0.483 e. The number of ether oxygens (including phenoxy) is 1. The number of aliphatic carboxylic acids is 1. The van der Waals surface area contributed by atoms with Crippen LogP contribution in [-0.4, -0.2) is 57.1 Å². The van der Waals surface area contributed by atoms with Gasteiger partial charge in [0.2, 0.25) is 11.8 Å². The molecule has 3 atom stereocenters. The molecule has 0 aliphatic carbocycles. The lowest BCUT2D eigenvalue weighted by molar-refractivity contribution is -0.149. The van der Waals surface area contributed by atoms with E-state index in [0.29, 0.717) is 20.4 Å². The predicted molar refractivity (Wildman–Crippen MR) is 136 cm³/mol. The molecule has 0 spiro atoms. The molecule has 2 aromatic carbocycles. The molecular weight excluding hydrogens is 575 g/mol. The number of amides is 3. The number of alkyl halides is 3. The topological polar surface area (TPSA) is 146 Å². The normalized spacial score (nSPS) is 20.2. The van der Waals surface area contributed by atoms with Gasteiger partial charge in [0.1, 0.15) is 17.5 Å². The maximum Gasteiger partial charge on any atom is 0.418 e. The van der Waals surface area contributed by atoms with Crippen LogP contribution in [0.3, 0.4) is 0 Å². The van der Waals surface area contributed by atoms with Crippen LogP contribution in [0.1, 0.15) is 21.9 Å². The molecule has 1 fully saturated rings. The summed E-state index contributed by atoms with van der Waals surface area (Å²) < 4.78 is 45.6. The molecule has 1 aromatic heterocycles. The highest BCUT2D eigenvalue weighted by Gasteiger charge is 2.56. The first-order valence-corrected chi connectivity index (χ1v) is 13.3. The molecule has 40 heavy (non-hydrogen) atoms. The molecule has 0 saturated carbocycles. The first kappa shape index (κ1) is 27.5. The van der Waals surface area contributed by atoms with E-state index in [2.05, 4.69) is 10.3 Å². The summed E-state index contributed by atoms with van der Waals surface area (Å²) in [7, 11) is 0. The SMILES string of the molecule is O=C(O)CN1C(=O)[C@@H]2[C@H](c3ccccc3OCC(=O)Nc3ccccc3C(F)(F)F)c3sc(=O)[nH]c3S[C@@H]2C1=O. The molecular formula is C25H18F3N3O7S2. The van der Waals surface area contributed by atoms with Crippen LogP contribution in [-0.2, 0) is 25.4 Å². The van der Waals surface area contributed by atoms with E-state index in [-0.39, 0.29) is 5.75 Å². The van der Waals surface area contributed by atoms with Crippen molar-refractivity contribution in [1.82, 2.24) is 9.88 Å². The first-order chi connectivity index (χ1) is 19.0. The number of carbonyl (C=O) groups is 4. The molecule has 10 nitrogen and oxygen atoms in total. The summed E-state index contributed by atoms with van der Waals surface area (Å²) in [6.07, 6.45) is -4.69. The number of likely N-dealkylation sites (tertiary alicyclic amines) is 1. The molecule has 0 unspecified atom stereocenters. The number of hydrogen-bond donors (Lipinski definition) is 3. The monoisotopic (exact) mass is 593 g/mol. The van der Waals surface area contributed by atoms with Gasteiger partial charge in [0, 0.05) is 16.4 Å². The second-order valence-corrected chi connectivity index (χ2v) is 11.0. The summed E-state index contributed by atoms with van der Waals surface area (Å²) in [4.78, 5) is 65.8. The van der Waals surface area contributed by atoms with Gasteiger partial charge in [0.25, 0.3) is 5.91 Å². The Morgan fingerprint density at radius 1 is 1.05 bits per heavy atom. The number of carboxylic acid groups (broad SMARTS) is 1. The van der Waals surface area contributed by atoms with Crippen LogP contribution in [0.25, 0.3) is 0 Å². The zero-order valence-electron chi connectivity index (χ0n) is 20.1. The van der Waals surface area contributed by atoms with Crippen molar-refractivity contribution in [2.75, 3.05) is 18.5 Å². The third kappa shape index (κ3) is 5.09. The van der Waals surface area contributed by atoms with Gasteiger partial charge in [0.05, 0.1) is 22.2 Å². The number of nitrogens with one attached hydrogen (secondary N) is 2. The fraction of sp³-hybridized carbons (Fsp3) is 0.240. The van der Waals surface area contributed by atoms with Gasteiger partial charge in [-0.25, -0.2) is 0 Å². The summed E-state index contributed by atoms with van der Waals surface area (Å²) >= 11 is 1.80. The Morgan fingerprint density at radius 3 is 2.48 bits per heavy atom. The highest BCUT2D eigenvalue weighted by molar-refractivity contribution is 8.00. The Morgan fingerprint density at radius 2 is 1.75 bits per heavy atom. The number of thiazole rings is 1. The van der Waals surface area contributed by atoms with Gasteiger partial charge in [-0.2, -0.15) is 13.2 Å². The number of carboxylic acids is 1. The van der Waals surface area contributed by atoms with E-state index in [1.165, 1.54) is 18.2 Å². The Bertz CT molecular complexity index is 1590. The maximum atomic E-state index is 13.3. The predicted octanol–water partition coefficient (Wildman–Crippen LogP) is 3.15. The standard InChI is InChI=1S/C25H18F3N3O7S2/c26-25(27,28)12-6-2-3-7-13(12)29-15(32)10-38-14-8-4-1-5-11(14)17-18-20(39-21-19(17)40-24(37)30-21)23(36)31(22(18)35)9-16(33)34/h1-8,17-18,20H,9-10H2,(H,29,32)(H,30,37)(H,33,34)/t17-,18+,20-/m0/s1. The fourth-order valence-electron chi connectivity index (χ4n) is 4.74. The minimum absolute atomic E-state index is 0.0983. The average Bonchev–Trinajstić information content (AvgIpc) is 3.37. The molecule has 1 saturated heterocycles. The molecule has 2 aliphatic rings. The van der Waals surface area contributed by atoms with E-state index in [9.17, 15) is 42.3 Å². The van der Waals surface area contributed by atoms with Gasteiger partial charge in [-0.05, 0) is 18.2 Å². The number of aromatic nitrogens is 1. The Labute approximate surface area is 231 Å². The van der Waals surface area contributed by atoms with Crippen molar-refractivity contribution in [1.29, 1.82) is 0 Å². The molecule has 0 radical (unpaired) electrons. The highest BCUT2D eigenvalue weighted by Crippen LogP contribution is 2.53. The number of halogens is 3. The van der Waals surface area contributed by atoms with Crippen molar-refractivity contribution >= 4 is 52.5 Å². The number of aromatic amines is 1. The number of H-pyrrole nitrogens is 1. The number of thioether (sulfide) groups is 1. The van der Waals surface area contributed by atoms with Crippen molar-refractivity contribution in [3.63, 3.8) is 0 Å². The smallest absolute Gasteiger partial charge is 0.418 e. The lowest BCUT2D eigenvalue weighted by Gasteiger charge is -2.30. The third-order valence-electron chi connectivity index (χ3n) is 6.33. The third-order valence-corrected chi connectivity index (χ3v) is 8.73. The van der Waals surface area contributed by atoms with Gasteiger partial charge in [-0.3, -0.25) is 28.9 Å². The van der Waals surface area contributed by atoms with Gasteiger partial charge in [0.15, 0.2) is 6.61 Å². The first-order valence-electron chi connectivity index (χ1n) is 11.6. The number of imide groups is 1. The summed E-state index contributed by atoms with van der Waals surface area (Å²) in [6.45, 7) is -1.51. The number of nitrogens with zero attached hydrogens (tertiary/aromatic N) is 1. The molecule has 208 valence electrons. The van der Waals surface area contributed by atoms with Crippen LogP contribution in [0.15, 0.2) is 58.4 Å². The van der Waals surface area contributed by atoms with Gasteiger partial charge in [-0.1, -0.05) is 53.4 Å². The molecule has 3 heterocycles. The van der Waals surface area contributed by atoms with E-state index in [4.69, 9.17) is 4.74 Å². The Balaban J connectivity index is 1.45. The van der Waals surface area contributed by atoms with Crippen LogP contribution >= 0.6 is 23.1 Å². The second kappa shape index (κ2) is 10.5. The molecule has 2 aliphatic heterocycles. The summed E-state index contributed by atoms with van der Waals surface area (Å²) in [5.41, 5.74) is -1.13. The number of para-hydroxylation sites is 2. The number of rotatable bonds is 7. The number of fused-ring (bicyclic) bond motifs is 2. The second-order valence-electron chi connectivity index (χ2n) is 8.82. The van der Waals surface area contributed by atoms with Crippen molar-refractivity contribution in [2.24, 2.45) is 5.92 Å². The van der Waals surface area contributed by atoms with E-state index < -0.39 is 76.2 Å². The maximum absolute atomic E-state index is 13.3. The molecule has 3 N–H and O–H groups in total. The number of carbonyl (C=O) groups excluding carboxylic acids is 3. The number of hydrogen-bond acceptors (Lipinski definition) is 8. The van der Waals surface area contributed by atoms with Crippen LogP contribution in [0.5, 0.6) is 5.75 Å². The summed E-state index contributed by atoms with van der Waals surface area (Å²) in [5.74, 6) is -5.54.